The number of benzene rings is 1. The average molecular weight is 378 g/mol. The number of carbonyl (C=O) groups is 3. The van der Waals surface area contributed by atoms with Crippen molar-refractivity contribution in [2.24, 2.45) is 5.73 Å². The zero-order chi connectivity index (χ0) is 18.9. The zero-order valence-electron chi connectivity index (χ0n) is 14.0. The van der Waals surface area contributed by atoms with Gasteiger partial charge in [0.2, 0.25) is 0 Å². The second-order valence-corrected chi connectivity index (χ2v) is 5.82. The van der Waals surface area contributed by atoms with E-state index in [9.17, 15) is 14.4 Å². The first kappa shape index (κ1) is 19.3. The Morgan fingerprint density at radius 2 is 1.77 bits per heavy atom. The summed E-state index contributed by atoms with van der Waals surface area (Å²) in [7, 11) is 0. The number of primary amides is 1. The third kappa shape index (κ3) is 5.49. The second kappa shape index (κ2) is 9.42. The fraction of sp³-hybridized carbons (Fsp3) is 0.235. The topological polar surface area (TPSA) is 117 Å². The molecule has 2 rings (SSSR count). The Labute approximate surface area is 153 Å². The summed E-state index contributed by atoms with van der Waals surface area (Å²) >= 11 is 1.14. The molecule has 1 aromatic heterocycles. The van der Waals surface area contributed by atoms with E-state index in [-0.39, 0.29) is 12.2 Å². The van der Waals surface area contributed by atoms with Gasteiger partial charge in [0.25, 0.3) is 11.8 Å². The molecular formula is C17H18N2O6S. The van der Waals surface area contributed by atoms with Crippen LogP contribution in [-0.2, 0) is 14.3 Å². The lowest BCUT2D eigenvalue weighted by Crippen LogP contribution is -2.24. The number of carbonyl (C=O) groups excluding carboxylic acids is 3. The van der Waals surface area contributed by atoms with Crippen LogP contribution in [0.15, 0.2) is 35.7 Å². The molecule has 0 saturated heterocycles. The number of esters is 1. The number of para-hydroxylation sites is 2. The summed E-state index contributed by atoms with van der Waals surface area (Å²) < 4.78 is 15.6. The van der Waals surface area contributed by atoms with Gasteiger partial charge in [0.05, 0.1) is 12.2 Å². The van der Waals surface area contributed by atoms with Crippen LogP contribution in [0.5, 0.6) is 11.5 Å². The highest BCUT2D eigenvalue weighted by atomic mass is 32.1. The third-order valence-electron chi connectivity index (χ3n) is 3.04. The van der Waals surface area contributed by atoms with E-state index in [1.54, 1.807) is 29.6 Å². The first-order valence-corrected chi connectivity index (χ1v) is 8.56. The summed E-state index contributed by atoms with van der Waals surface area (Å²) in [6, 6.07) is 8.40. The van der Waals surface area contributed by atoms with E-state index in [4.69, 9.17) is 19.9 Å². The molecule has 0 radical (unpaired) electrons. The van der Waals surface area contributed by atoms with Gasteiger partial charge in [-0.05, 0) is 30.5 Å². The number of rotatable bonds is 9. The fourth-order valence-electron chi connectivity index (χ4n) is 1.93. The SMILES string of the molecule is CCOc1ccccc1OCC(=O)OCC(=O)Nc1sccc1C(N)=O. The zero-order valence-corrected chi connectivity index (χ0v) is 14.8. The first-order valence-electron chi connectivity index (χ1n) is 7.68. The Balaban J connectivity index is 1.79. The lowest BCUT2D eigenvalue weighted by Gasteiger charge is -2.11. The molecule has 26 heavy (non-hydrogen) atoms. The fourth-order valence-corrected chi connectivity index (χ4v) is 2.74. The van der Waals surface area contributed by atoms with E-state index in [2.05, 4.69) is 5.32 Å². The summed E-state index contributed by atoms with van der Waals surface area (Å²) in [5, 5.41) is 4.39. The van der Waals surface area contributed by atoms with Crippen LogP contribution in [0.4, 0.5) is 5.00 Å². The quantitative estimate of drug-likeness (QED) is 0.643. The highest BCUT2D eigenvalue weighted by Gasteiger charge is 2.14. The van der Waals surface area contributed by atoms with Gasteiger partial charge < -0.3 is 25.3 Å². The van der Waals surface area contributed by atoms with E-state index in [0.717, 1.165) is 11.3 Å². The van der Waals surface area contributed by atoms with Crippen LogP contribution in [0, 0.1) is 0 Å². The molecule has 0 unspecified atom stereocenters. The molecule has 3 N–H and O–H groups in total. The van der Waals surface area contributed by atoms with Crippen molar-refractivity contribution >= 4 is 34.1 Å². The number of nitrogens with one attached hydrogen (secondary N) is 1. The maximum Gasteiger partial charge on any atom is 0.344 e. The predicted molar refractivity (Wildman–Crippen MR) is 95.5 cm³/mol. The van der Waals surface area contributed by atoms with Crippen molar-refractivity contribution in [3.05, 3.63) is 41.3 Å². The van der Waals surface area contributed by atoms with Crippen molar-refractivity contribution in [1.29, 1.82) is 0 Å². The Hall–Kier alpha value is -3.07. The van der Waals surface area contributed by atoms with Gasteiger partial charge in [0, 0.05) is 0 Å². The number of nitrogens with two attached hydrogens (primary N) is 1. The Morgan fingerprint density at radius 1 is 1.08 bits per heavy atom. The summed E-state index contributed by atoms with van der Waals surface area (Å²) in [4.78, 5) is 34.7. The largest absolute Gasteiger partial charge is 0.490 e. The van der Waals surface area contributed by atoms with Gasteiger partial charge in [0.15, 0.2) is 24.7 Å². The predicted octanol–water partition coefficient (Wildman–Crippen LogP) is 1.81. The van der Waals surface area contributed by atoms with Crippen molar-refractivity contribution in [2.45, 2.75) is 6.92 Å². The molecule has 0 aliphatic rings. The number of ether oxygens (including phenoxy) is 3. The smallest absolute Gasteiger partial charge is 0.344 e. The number of hydrogen-bond donors (Lipinski definition) is 2. The first-order chi connectivity index (χ1) is 12.5. The van der Waals surface area contributed by atoms with E-state index >= 15 is 0 Å². The summed E-state index contributed by atoms with van der Waals surface area (Å²) in [6.45, 7) is 1.41. The summed E-state index contributed by atoms with van der Waals surface area (Å²) in [5.74, 6) is -1.04. The van der Waals surface area contributed by atoms with E-state index in [0.29, 0.717) is 23.1 Å². The molecule has 1 heterocycles. The molecule has 0 spiro atoms. The van der Waals surface area contributed by atoms with Crippen molar-refractivity contribution in [3.8, 4) is 11.5 Å². The molecule has 0 saturated carbocycles. The normalized spacial score (nSPS) is 10.0. The highest BCUT2D eigenvalue weighted by Crippen LogP contribution is 2.26. The van der Waals surface area contributed by atoms with Crippen LogP contribution in [0.25, 0.3) is 0 Å². The summed E-state index contributed by atoms with van der Waals surface area (Å²) in [5.41, 5.74) is 5.39. The molecule has 0 fully saturated rings. The van der Waals surface area contributed by atoms with Crippen LogP contribution in [0.3, 0.4) is 0 Å². The van der Waals surface area contributed by atoms with Gasteiger partial charge in [-0.2, -0.15) is 0 Å². The van der Waals surface area contributed by atoms with Gasteiger partial charge in [-0.25, -0.2) is 4.79 Å². The number of thiophene rings is 1. The lowest BCUT2D eigenvalue weighted by atomic mass is 10.3. The van der Waals surface area contributed by atoms with Crippen LogP contribution < -0.4 is 20.5 Å². The second-order valence-electron chi connectivity index (χ2n) is 4.90. The minimum atomic E-state index is -0.715. The van der Waals surface area contributed by atoms with Crippen molar-refractivity contribution in [2.75, 3.05) is 25.1 Å². The Bertz CT molecular complexity index is 789. The molecule has 0 aliphatic carbocycles. The highest BCUT2D eigenvalue weighted by molar-refractivity contribution is 7.14. The minimum absolute atomic E-state index is 0.200. The molecular weight excluding hydrogens is 360 g/mol. The van der Waals surface area contributed by atoms with Crippen LogP contribution in [-0.4, -0.2) is 37.6 Å². The number of amides is 2. The van der Waals surface area contributed by atoms with Crippen molar-refractivity contribution in [3.63, 3.8) is 0 Å². The molecule has 2 amide bonds. The monoisotopic (exact) mass is 378 g/mol. The average Bonchev–Trinajstić information content (AvgIpc) is 3.08. The molecule has 8 nitrogen and oxygen atoms in total. The maximum absolute atomic E-state index is 11.8. The molecule has 9 heteroatoms. The van der Waals surface area contributed by atoms with E-state index < -0.39 is 24.4 Å². The van der Waals surface area contributed by atoms with Gasteiger partial charge in [-0.1, -0.05) is 12.1 Å². The van der Waals surface area contributed by atoms with Crippen LogP contribution in [0.1, 0.15) is 17.3 Å². The maximum atomic E-state index is 11.8. The van der Waals surface area contributed by atoms with Crippen LogP contribution in [0.2, 0.25) is 0 Å². The Morgan fingerprint density at radius 3 is 2.42 bits per heavy atom. The standard InChI is InChI=1S/C17H18N2O6S/c1-2-23-12-5-3-4-6-13(12)24-10-15(21)25-9-14(20)19-17-11(16(18)22)7-8-26-17/h3-8H,2,9-10H2,1H3,(H2,18,22)(H,19,20). The lowest BCUT2D eigenvalue weighted by molar-refractivity contribution is -0.149. The van der Waals surface area contributed by atoms with E-state index in [1.165, 1.54) is 6.07 Å². The molecule has 0 atom stereocenters. The van der Waals surface area contributed by atoms with Crippen molar-refractivity contribution in [1.82, 2.24) is 0 Å². The van der Waals surface area contributed by atoms with Crippen LogP contribution >= 0.6 is 11.3 Å². The summed E-state index contributed by atoms with van der Waals surface area (Å²) in [6.07, 6.45) is 0. The van der Waals surface area contributed by atoms with Gasteiger partial charge >= 0.3 is 5.97 Å². The molecule has 2 aromatic rings. The minimum Gasteiger partial charge on any atom is -0.490 e. The third-order valence-corrected chi connectivity index (χ3v) is 3.87. The molecule has 0 bridgehead atoms. The van der Waals surface area contributed by atoms with Crippen molar-refractivity contribution < 1.29 is 28.6 Å². The number of anilines is 1. The Kier molecular flexibility index (Phi) is 6.98. The van der Waals surface area contributed by atoms with E-state index in [1.807, 2.05) is 6.92 Å². The number of hydrogen-bond acceptors (Lipinski definition) is 7. The molecule has 138 valence electrons. The molecule has 0 aliphatic heterocycles. The van der Waals surface area contributed by atoms with Gasteiger partial charge in [-0.3, -0.25) is 9.59 Å². The van der Waals surface area contributed by atoms with Gasteiger partial charge in [0.1, 0.15) is 5.00 Å². The van der Waals surface area contributed by atoms with Gasteiger partial charge in [-0.15, -0.1) is 11.3 Å². The molecule has 1 aromatic carbocycles.